The first-order valence-electron chi connectivity index (χ1n) is 21.7. The molecule has 10 N–H and O–H groups in total. The molecular formula is C49H49F6N7O10S. The molecule has 388 valence electrons. The van der Waals surface area contributed by atoms with Crippen LogP contribution in [0.15, 0.2) is 127 Å². The summed E-state index contributed by atoms with van der Waals surface area (Å²) in [4.78, 5) is 71.9. The average Bonchev–Trinajstić information content (AvgIpc) is 3.32. The Labute approximate surface area is 414 Å². The summed E-state index contributed by atoms with van der Waals surface area (Å²) in [5.41, 5.74) is 11.8. The summed E-state index contributed by atoms with van der Waals surface area (Å²) in [5.74, 6) is -7.60. The van der Waals surface area contributed by atoms with Crippen LogP contribution >= 0.6 is 0 Å². The lowest BCUT2D eigenvalue weighted by Gasteiger charge is -2.24. The summed E-state index contributed by atoms with van der Waals surface area (Å²) in [6.07, 6.45) is -9.90. The van der Waals surface area contributed by atoms with Crippen molar-refractivity contribution in [3.8, 4) is 0 Å². The molecule has 5 aromatic rings. The lowest BCUT2D eigenvalue weighted by atomic mass is 10.0. The van der Waals surface area contributed by atoms with Crippen LogP contribution in [0.4, 0.5) is 26.3 Å². The van der Waals surface area contributed by atoms with Crippen LogP contribution in [0.1, 0.15) is 50.1 Å². The number of carboxylic acids is 2. The Hall–Kier alpha value is -8.12. The minimum atomic E-state index is -5.08. The van der Waals surface area contributed by atoms with Crippen molar-refractivity contribution in [2.75, 3.05) is 0 Å². The molecule has 0 aromatic heterocycles. The molecule has 2 aliphatic heterocycles. The zero-order valence-electron chi connectivity index (χ0n) is 38.3. The fraction of sp³-hybridized carbons (Fsp3) is 0.245. The molecule has 24 heteroatoms. The molecule has 4 amide bonds. The fourth-order valence-electron chi connectivity index (χ4n) is 6.71. The number of fused-ring (bicyclic) bond motifs is 13. The van der Waals surface area contributed by atoms with Gasteiger partial charge < -0.3 is 37.2 Å². The standard InChI is InChI=1S/C45H47N7O6S.2C2HF3O2/c46-43(47)38-18-16-32(17-19-38)26-50-44(55)39-22-34-8-4-10-36(20-34)27-48-41(53)24-30-12-14-31(15-13-30)25-42(54)49-28-37-11-5-9-35(21-37)23-40(45(56)51-39)52-59(57,58)29-33-6-2-1-3-7-33;2*3-2(4,5)1(6)7/h1-21,39-40,52H,22-29H2,(H3,46,47)(H,48,53)(H,49,54)(H,50,55)(H,51,56);2*(H,6,7)/t39-,40+;;/m0../s1. The number of hydrogen-bond donors (Lipinski definition) is 9. The largest absolute Gasteiger partial charge is 0.490 e. The van der Waals surface area contributed by atoms with Gasteiger partial charge in [-0.1, -0.05) is 127 Å². The van der Waals surface area contributed by atoms with Crippen LogP contribution in [0, 0.1) is 5.41 Å². The maximum Gasteiger partial charge on any atom is 0.490 e. The van der Waals surface area contributed by atoms with Gasteiger partial charge in [-0.3, -0.25) is 24.6 Å². The second-order valence-electron chi connectivity index (χ2n) is 16.2. The number of nitrogen functional groups attached to an aromatic ring is 1. The maximum atomic E-state index is 14.3. The molecule has 0 unspecified atom stereocenters. The lowest BCUT2D eigenvalue weighted by molar-refractivity contribution is -0.193. The van der Waals surface area contributed by atoms with Crippen molar-refractivity contribution in [2.45, 2.75) is 75.5 Å². The number of nitrogens with two attached hydrogens (primary N) is 1. The minimum Gasteiger partial charge on any atom is -0.475 e. The third-order valence-electron chi connectivity index (χ3n) is 10.3. The minimum absolute atomic E-state index is 0.0493. The van der Waals surface area contributed by atoms with E-state index in [1.165, 1.54) is 0 Å². The van der Waals surface area contributed by atoms with Crippen LogP contribution in [0.3, 0.4) is 0 Å². The summed E-state index contributed by atoms with van der Waals surface area (Å²) in [7, 11) is -4.07. The van der Waals surface area contributed by atoms with E-state index in [1.54, 1.807) is 78.9 Å². The molecule has 0 fully saturated rings. The molecule has 0 radical (unpaired) electrons. The Morgan fingerprint density at radius 1 is 0.630 bits per heavy atom. The maximum absolute atomic E-state index is 14.3. The van der Waals surface area contributed by atoms with E-state index in [0.29, 0.717) is 22.3 Å². The van der Waals surface area contributed by atoms with Crippen LogP contribution in [-0.2, 0) is 89.9 Å². The van der Waals surface area contributed by atoms with Gasteiger partial charge in [0.2, 0.25) is 33.7 Å². The number of carbonyl (C=O) groups excluding carboxylic acids is 4. The predicted octanol–water partition coefficient (Wildman–Crippen LogP) is 4.34. The molecule has 2 heterocycles. The van der Waals surface area contributed by atoms with Gasteiger partial charge in [0.25, 0.3) is 0 Å². The molecule has 7 rings (SSSR count). The number of amidine groups is 1. The molecule has 2 atom stereocenters. The summed E-state index contributed by atoms with van der Waals surface area (Å²) in [6, 6.07) is 34.7. The SMILES string of the molecule is N=C(N)c1ccc(CNC(=O)[C@@H]2Cc3cccc(c3)CNC(=O)Cc3ccc(cc3)CC(=O)NCc3cccc(c3)C[C@@H](NS(=O)(=O)Cc3ccccc3)C(=O)N2)cc1.O=C(O)C(F)(F)F.O=C(O)C(F)(F)F. The molecule has 5 aromatic carbocycles. The Balaban J connectivity index is 0.000000722. The lowest BCUT2D eigenvalue weighted by Crippen LogP contribution is -2.55. The average molecular weight is 1040 g/mol. The van der Waals surface area contributed by atoms with Crippen LogP contribution < -0.4 is 31.7 Å². The van der Waals surface area contributed by atoms with Gasteiger partial charge in [-0.25, -0.2) is 22.7 Å². The van der Waals surface area contributed by atoms with Crippen LogP contribution in [-0.4, -0.2) is 84.5 Å². The summed E-state index contributed by atoms with van der Waals surface area (Å²) >= 11 is 0. The van der Waals surface area contributed by atoms with E-state index in [-0.39, 0.29) is 68.7 Å². The summed E-state index contributed by atoms with van der Waals surface area (Å²) in [6.45, 7) is 0.518. The number of nitrogens with one attached hydrogen (secondary N) is 6. The van der Waals surface area contributed by atoms with E-state index in [2.05, 4.69) is 26.0 Å². The zero-order chi connectivity index (χ0) is 53.9. The predicted molar refractivity (Wildman–Crippen MR) is 252 cm³/mol. The number of carbonyl (C=O) groups is 6. The van der Waals surface area contributed by atoms with Gasteiger partial charge in [-0.15, -0.1) is 0 Å². The molecule has 73 heavy (non-hydrogen) atoms. The van der Waals surface area contributed by atoms with Gasteiger partial charge in [0.15, 0.2) is 0 Å². The number of aliphatic carboxylic acids is 2. The van der Waals surface area contributed by atoms with Crippen LogP contribution in [0.2, 0.25) is 0 Å². The fourth-order valence-corrected chi connectivity index (χ4v) is 8.05. The molecule has 0 saturated heterocycles. The smallest absolute Gasteiger partial charge is 0.475 e. The second-order valence-corrected chi connectivity index (χ2v) is 17.9. The van der Waals surface area contributed by atoms with Crippen molar-refractivity contribution in [3.63, 3.8) is 0 Å². The van der Waals surface area contributed by atoms with Crippen LogP contribution in [0.5, 0.6) is 0 Å². The van der Waals surface area contributed by atoms with Crippen molar-refractivity contribution in [2.24, 2.45) is 5.73 Å². The van der Waals surface area contributed by atoms with Crippen molar-refractivity contribution in [1.82, 2.24) is 26.0 Å². The Bertz CT molecular complexity index is 2830. The number of amides is 4. The van der Waals surface area contributed by atoms with Crippen molar-refractivity contribution in [1.29, 1.82) is 5.41 Å². The Morgan fingerprint density at radius 3 is 1.53 bits per heavy atom. The van der Waals surface area contributed by atoms with Crippen molar-refractivity contribution in [3.05, 3.63) is 177 Å². The molecule has 2 aliphatic rings. The number of carboxylic acid groups (broad SMARTS) is 2. The monoisotopic (exact) mass is 1040 g/mol. The van der Waals surface area contributed by atoms with Gasteiger partial charge in [-0.05, 0) is 50.9 Å². The zero-order valence-corrected chi connectivity index (χ0v) is 39.2. The first-order chi connectivity index (χ1) is 34.3. The molecule has 17 nitrogen and oxygen atoms in total. The number of sulfonamides is 1. The van der Waals surface area contributed by atoms with E-state index in [4.69, 9.17) is 30.9 Å². The van der Waals surface area contributed by atoms with E-state index < -0.39 is 58.2 Å². The highest BCUT2D eigenvalue weighted by atomic mass is 32.2. The van der Waals surface area contributed by atoms with Gasteiger partial charge in [0.1, 0.15) is 17.9 Å². The van der Waals surface area contributed by atoms with E-state index in [0.717, 1.165) is 27.8 Å². The van der Waals surface area contributed by atoms with Gasteiger partial charge in [0, 0.05) is 31.6 Å². The van der Waals surface area contributed by atoms with Gasteiger partial charge in [-0.2, -0.15) is 26.3 Å². The van der Waals surface area contributed by atoms with Crippen molar-refractivity contribution < 1.29 is 73.7 Å². The molecule has 0 aliphatic carbocycles. The number of hydrogen-bond acceptors (Lipinski definition) is 9. The third-order valence-corrected chi connectivity index (χ3v) is 11.6. The highest BCUT2D eigenvalue weighted by Gasteiger charge is 2.39. The molecule has 0 spiro atoms. The number of rotatable bonds is 8. The molecule has 6 bridgehead atoms. The third kappa shape index (κ3) is 20.6. The van der Waals surface area contributed by atoms with E-state index in [9.17, 15) is 53.9 Å². The first-order valence-corrected chi connectivity index (χ1v) is 23.3. The number of halogens is 6. The van der Waals surface area contributed by atoms with E-state index in [1.807, 2.05) is 48.5 Å². The summed E-state index contributed by atoms with van der Waals surface area (Å²) in [5, 5.41) is 33.5. The van der Waals surface area contributed by atoms with Crippen molar-refractivity contribution >= 4 is 51.4 Å². The highest BCUT2D eigenvalue weighted by molar-refractivity contribution is 7.88. The Morgan fingerprint density at radius 2 is 1.08 bits per heavy atom. The second kappa shape index (κ2) is 26.4. The van der Waals surface area contributed by atoms with E-state index >= 15 is 0 Å². The number of alkyl halides is 6. The quantitative estimate of drug-likeness (QED) is 0.0599. The normalized spacial score (nSPS) is 15.7. The Kier molecular flexibility index (Phi) is 20.8. The number of benzene rings is 5. The van der Waals surface area contributed by atoms with Gasteiger partial charge in [0.05, 0.1) is 18.6 Å². The first kappa shape index (κ1) is 57.5. The van der Waals surface area contributed by atoms with Crippen LogP contribution in [0.25, 0.3) is 0 Å². The topological polar surface area (TPSA) is 287 Å². The summed E-state index contributed by atoms with van der Waals surface area (Å²) < 4.78 is 93.3. The highest BCUT2D eigenvalue weighted by Crippen LogP contribution is 2.16. The molecule has 0 saturated carbocycles. The molecular weight excluding hydrogens is 993 g/mol. The van der Waals surface area contributed by atoms with Gasteiger partial charge >= 0.3 is 24.3 Å².